The monoisotopic (exact) mass is 221 g/mol. The maximum atomic E-state index is 10.9. The van der Waals surface area contributed by atoms with Crippen molar-refractivity contribution in [3.05, 3.63) is 0 Å². The van der Waals surface area contributed by atoms with Crippen LogP contribution in [0, 0.1) is 29.6 Å². The van der Waals surface area contributed by atoms with Crippen LogP contribution in [0.4, 0.5) is 0 Å². The molecule has 0 heterocycles. The molecule has 0 unspecified atom stereocenters. The van der Waals surface area contributed by atoms with Crippen LogP contribution in [0.15, 0.2) is 0 Å². The average molecular weight is 221 g/mol. The fourth-order valence-electron chi connectivity index (χ4n) is 4.79. The predicted molar refractivity (Wildman–Crippen MR) is 64.1 cm³/mol. The fourth-order valence-corrected chi connectivity index (χ4v) is 4.79. The molecule has 0 aromatic heterocycles. The Balaban J connectivity index is 1.57. The smallest absolute Gasteiger partial charge is 0.143 e. The van der Waals surface area contributed by atoms with Crippen LogP contribution in [-0.2, 0) is 4.79 Å². The molecule has 0 atom stereocenters. The van der Waals surface area contributed by atoms with Crippen molar-refractivity contribution >= 4 is 5.78 Å². The van der Waals surface area contributed by atoms with Crippen LogP contribution >= 0.6 is 0 Å². The van der Waals surface area contributed by atoms with E-state index in [4.69, 9.17) is 0 Å². The first-order chi connectivity index (χ1) is 7.72. The quantitative estimate of drug-likeness (QED) is 0.789. The molecule has 0 aromatic carbocycles. The normalized spacial score (nSPS) is 44.9. The minimum atomic E-state index is 0.267. The van der Waals surface area contributed by atoms with Crippen molar-refractivity contribution in [1.29, 1.82) is 0 Å². The fraction of sp³-hybridized carbons (Fsp3) is 0.929. The van der Waals surface area contributed by atoms with Crippen LogP contribution < -0.4 is 5.32 Å². The molecule has 90 valence electrons. The van der Waals surface area contributed by atoms with Crippen LogP contribution in [0.1, 0.15) is 39.0 Å². The summed E-state index contributed by atoms with van der Waals surface area (Å²) < 4.78 is 0. The van der Waals surface area contributed by atoms with Gasteiger partial charge in [-0.3, -0.25) is 4.79 Å². The highest BCUT2D eigenvalue weighted by Gasteiger charge is 2.47. The molecule has 4 fully saturated rings. The van der Waals surface area contributed by atoms with Gasteiger partial charge in [-0.25, -0.2) is 0 Å². The van der Waals surface area contributed by atoms with Gasteiger partial charge in [0.2, 0.25) is 0 Å². The molecular formula is C14H23NO. The lowest BCUT2D eigenvalue weighted by Crippen LogP contribution is -2.48. The van der Waals surface area contributed by atoms with Gasteiger partial charge in [0, 0.05) is 0 Å². The van der Waals surface area contributed by atoms with Crippen molar-refractivity contribution in [1.82, 2.24) is 5.32 Å². The van der Waals surface area contributed by atoms with Gasteiger partial charge in [-0.1, -0.05) is 0 Å². The van der Waals surface area contributed by atoms with Gasteiger partial charge < -0.3 is 5.32 Å². The lowest BCUT2D eigenvalue weighted by atomic mass is 9.52. The average Bonchev–Trinajstić information content (AvgIpc) is 2.20. The second-order valence-corrected chi connectivity index (χ2v) is 6.43. The van der Waals surface area contributed by atoms with Crippen LogP contribution in [0.2, 0.25) is 0 Å². The van der Waals surface area contributed by atoms with E-state index in [2.05, 4.69) is 5.32 Å². The number of hydrogen-bond acceptors (Lipinski definition) is 2. The highest BCUT2D eigenvalue weighted by molar-refractivity contribution is 5.77. The highest BCUT2D eigenvalue weighted by atomic mass is 16.1. The highest BCUT2D eigenvalue weighted by Crippen LogP contribution is 2.56. The topological polar surface area (TPSA) is 29.1 Å². The number of rotatable bonds is 4. The van der Waals surface area contributed by atoms with Crippen molar-refractivity contribution in [3.8, 4) is 0 Å². The molecule has 2 nitrogen and oxygen atoms in total. The van der Waals surface area contributed by atoms with Gasteiger partial charge in [0.25, 0.3) is 0 Å². The van der Waals surface area contributed by atoms with E-state index in [1.54, 1.807) is 6.92 Å². The van der Waals surface area contributed by atoms with Gasteiger partial charge in [0.15, 0.2) is 0 Å². The molecule has 16 heavy (non-hydrogen) atoms. The zero-order chi connectivity index (χ0) is 11.1. The van der Waals surface area contributed by atoms with E-state index < -0.39 is 0 Å². The van der Waals surface area contributed by atoms with Crippen molar-refractivity contribution in [2.75, 3.05) is 13.1 Å². The molecule has 4 aliphatic carbocycles. The Labute approximate surface area is 98.2 Å². The van der Waals surface area contributed by atoms with Crippen molar-refractivity contribution in [2.24, 2.45) is 29.6 Å². The van der Waals surface area contributed by atoms with Crippen molar-refractivity contribution in [3.63, 3.8) is 0 Å². The molecule has 0 aromatic rings. The Morgan fingerprint density at radius 2 is 1.62 bits per heavy atom. The summed E-state index contributed by atoms with van der Waals surface area (Å²) in [7, 11) is 0. The maximum absolute atomic E-state index is 10.9. The van der Waals surface area contributed by atoms with Crippen LogP contribution in [0.25, 0.3) is 0 Å². The number of nitrogens with one attached hydrogen (secondary N) is 1. The molecule has 4 bridgehead atoms. The lowest BCUT2D eigenvalue weighted by molar-refractivity contribution is -0.116. The predicted octanol–water partition coefficient (Wildman–Crippen LogP) is 2.24. The van der Waals surface area contributed by atoms with Crippen molar-refractivity contribution in [2.45, 2.75) is 39.0 Å². The Morgan fingerprint density at radius 3 is 2.12 bits per heavy atom. The molecule has 2 heteroatoms. The standard InChI is InChI=1S/C14H23NO/c1-9(16)7-15-8-14-12-3-10-2-11(5-12)6-13(14)4-10/h10-15H,2-8H2,1H3. The van der Waals surface area contributed by atoms with E-state index in [-0.39, 0.29) is 5.78 Å². The third-order valence-electron chi connectivity index (χ3n) is 5.18. The van der Waals surface area contributed by atoms with Crippen LogP contribution in [-0.4, -0.2) is 18.9 Å². The van der Waals surface area contributed by atoms with E-state index in [1.165, 1.54) is 32.1 Å². The summed E-state index contributed by atoms with van der Waals surface area (Å²) in [6.07, 6.45) is 7.47. The van der Waals surface area contributed by atoms with E-state index in [0.717, 1.165) is 36.1 Å². The molecule has 4 aliphatic rings. The molecule has 0 radical (unpaired) electrons. The molecule has 1 N–H and O–H groups in total. The van der Waals surface area contributed by atoms with Gasteiger partial charge in [-0.05, 0) is 75.2 Å². The molecule has 0 spiro atoms. The zero-order valence-corrected chi connectivity index (χ0v) is 10.2. The first-order valence-electron chi connectivity index (χ1n) is 6.92. The summed E-state index contributed by atoms with van der Waals surface area (Å²) in [6.45, 7) is 3.33. The summed E-state index contributed by atoms with van der Waals surface area (Å²) in [6, 6.07) is 0. The van der Waals surface area contributed by atoms with Gasteiger partial charge in [-0.2, -0.15) is 0 Å². The summed E-state index contributed by atoms with van der Waals surface area (Å²) in [5.41, 5.74) is 0. The molecular weight excluding hydrogens is 198 g/mol. The maximum Gasteiger partial charge on any atom is 0.143 e. The second-order valence-electron chi connectivity index (χ2n) is 6.43. The number of Topliss-reactive ketones (excluding diaryl/α,β-unsaturated/α-hetero) is 1. The summed E-state index contributed by atoms with van der Waals surface area (Å²) in [5, 5.41) is 3.36. The number of carbonyl (C=O) groups excluding carboxylic acids is 1. The number of carbonyl (C=O) groups is 1. The third kappa shape index (κ3) is 1.92. The zero-order valence-electron chi connectivity index (χ0n) is 10.2. The summed E-state index contributed by atoms with van der Waals surface area (Å²) in [4.78, 5) is 10.9. The SMILES string of the molecule is CC(=O)CNCC1C2CC3CC(C2)CC1C3. The minimum absolute atomic E-state index is 0.267. The molecule has 4 rings (SSSR count). The Hall–Kier alpha value is -0.370. The minimum Gasteiger partial charge on any atom is -0.310 e. The largest absolute Gasteiger partial charge is 0.310 e. The summed E-state index contributed by atoms with van der Waals surface area (Å²) >= 11 is 0. The van der Waals surface area contributed by atoms with Crippen LogP contribution in [0.5, 0.6) is 0 Å². The molecule has 0 aliphatic heterocycles. The van der Waals surface area contributed by atoms with E-state index in [0.29, 0.717) is 6.54 Å². The molecule has 4 saturated carbocycles. The van der Waals surface area contributed by atoms with Crippen molar-refractivity contribution < 1.29 is 4.79 Å². The van der Waals surface area contributed by atoms with Gasteiger partial charge in [0.1, 0.15) is 5.78 Å². The van der Waals surface area contributed by atoms with E-state index >= 15 is 0 Å². The van der Waals surface area contributed by atoms with E-state index in [9.17, 15) is 4.79 Å². The molecule has 0 saturated heterocycles. The summed E-state index contributed by atoms with van der Waals surface area (Å²) in [5.74, 6) is 5.24. The number of ketones is 1. The lowest BCUT2D eigenvalue weighted by Gasteiger charge is -2.54. The van der Waals surface area contributed by atoms with Gasteiger partial charge in [0.05, 0.1) is 6.54 Å². The first kappa shape index (κ1) is 10.8. The van der Waals surface area contributed by atoms with E-state index in [1.807, 2.05) is 0 Å². The van der Waals surface area contributed by atoms with Crippen LogP contribution in [0.3, 0.4) is 0 Å². The second kappa shape index (κ2) is 4.14. The van der Waals surface area contributed by atoms with Gasteiger partial charge >= 0.3 is 0 Å². The third-order valence-corrected chi connectivity index (χ3v) is 5.18. The van der Waals surface area contributed by atoms with Gasteiger partial charge in [-0.15, -0.1) is 0 Å². The Kier molecular flexibility index (Phi) is 2.78. The Bertz CT molecular complexity index is 258. The number of hydrogen-bond donors (Lipinski definition) is 1. The Morgan fingerprint density at radius 1 is 1.06 bits per heavy atom. The first-order valence-corrected chi connectivity index (χ1v) is 6.92. The molecule has 0 amide bonds.